The van der Waals surface area contributed by atoms with Crippen molar-refractivity contribution in [3.63, 3.8) is 0 Å². The summed E-state index contributed by atoms with van der Waals surface area (Å²) in [6.45, 7) is 0.622. The minimum absolute atomic E-state index is 0.0569. The summed E-state index contributed by atoms with van der Waals surface area (Å²) in [5.41, 5.74) is 0. The van der Waals surface area contributed by atoms with Crippen LogP contribution in [-0.4, -0.2) is 47.1 Å². The van der Waals surface area contributed by atoms with Gasteiger partial charge in [-0.25, -0.2) is 0 Å². The van der Waals surface area contributed by atoms with E-state index in [4.69, 9.17) is 5.11 Å². The van der Waals surface area contributed by atoms with E-state index in [1.54, 1.807) is 0 Å². The molecule has 0 aromatic rings. The predicted molar refractivity (Wildman–Crippen MR) is 71.9 cm³/mol. The highest BCUT2D eigenvalue weighted by Gasteiger charge is 2.30. The molecule has 2 N–H and O–H groups in total. The number of carbonyl (C=O) groups is 2. The summed E-state index contributed by atoms with van der Waals surface area (Å²) in [6.07, 6.45) is 8.42. The number of hydrogen-bond acceptors (Lipinski definition) is 3. The van der Waals surface area contributed by atoms with Gasteiger partial charge in [-0.1, -0.05) is 19.3 Å². The lowest BCUT2D eigenvalue weighted by molar-refractivity contribution is -0.139. The van der Waals surface area contributed by atoms with Gasteiger partial charge in [0.05, 0.1) is 6.54 Å². The lowest BCUT2D eigenvalue weighted by Crippen LogP contribution is -2.39. The van der Waals surface area contributed by atoms with Gasteiger partial charge >= 0.3 is 5.97 Å². The first-order valence-corrected chi connectivity index (χ1v) is 7.40. The normalized spacial score (nSPS) is 20.5. The molecule has 0 bridgehead atoms. The highest BCUT2D eigenvalue weighted by atomic mass is 16.4. The topological polar surface area (TPSA) is 69.6 Å². The molecule has 108 valence electrons. The number of hydrogen-bond donors (Lipinski definition) is 2. The minimum atomic E-state index is -0.806. The summed E-state index contributed by atoms with van der Waals surface area (Å²) >= 11 is 0. The van der Waals surface area contributed by atoms with Crippen molar-refractivity contribution in [3.05, 3.63) is 0 Å². The molecule has 2 aliphatic carbocycles. The first-order valence-electron chi connectivity index (χ1n) is 7.40. The fourth-order valence-corrected chi connectivity index (χ4v) is 2.80. The molecule has 2 aliphatic rings. The van der Waals surface area contributed by atoms with Crippen LogP contribution in [0.1, 0.15) is 51.4 Å². The third kappa shape index (κ3) is 5.19. The van der Waals surface area contributed by atoms with Gasteiger partial charge in [-0.2, -0.15) is 0 Å². The van der Waals surface area contributed by atoms with Gasteiger partial charge in [0.2, 0.25) is 5.91 Å². The number of nitrogens with one attached hydrogen (secondary N) is 1. The summed E-state index contributed by atoms with van der Waals surface area (Å²) in [5.74, 6) is -0.734. The third-order valence-electron chi connectivity index (χ3n) is 4.00. The van der Waals surface area contributed by atoms with Gasteiger partial charge in [-0.3, -0.25) is 14.5 Å². The van der Waals surface area contributed by atoms with Gasteiger partial charge in [-0.15, -0.1) is 0 Å². The average molecular weight is 268 g/mol. The molecule has 0 aromatic heterocycles. The van der Waals surface area contributed by atoms with E-state index in [1.165, 1.54) is 19.3 Å². The Morgan fingerprint density at radius 1 is 1.11 bits per heavy atom. The molecular formula is C14H24N2O3. The first kappa shape index (κ1) is 14.3. The van der Waals surface area contributed by atoms with Crippen LogP contribution in [0.2, 0.25) is 0 Å². The van der Waals surface area contributed by atoms with Crippen molar-refractivity contribution in [2.24, 2.45) is 0 Å². The van der Waals surface area contributed by atoms with Gasteiger partial charge < -0.3 is 10.4 Å². The molecule has 2 saturated carbocycles. The molecule has 0 saturated heterocycles. The van der Waals surface area contributed by atoms with Crippen LogP contribution in [0.4, 0.5) is 0 Å². The SMILES string of the molecule is O=C(O)CN(CCC(=O)NC1CCCCC1)C1CC1. The van der Waals surface area contributed by atoms with Crippen molar-refractivity contribution >= 4 is 11.9 Å². The zero-order valence-corrected chi connectivity index (χ0v) is 11.4. The summed E-state index contributed by atoms with van der Waals surface area (Å²) in [7, 11) is 0. The number of nitrogens with zero attached hydrogens (tertiary/aromatic N) is 1. The van der Waals surface area contributed by atoms with E-state index in [0.29, 0.717) is 25.0 Å². The van der Waals surface area contributed by atoms with Crippen molar-refractivity contribution in [2.45, 2.75) is 63.5 Å². The smallest absolute Gasteiger partial charge is 0.317 e. The minimum Gasteiger partial charge on any atom is -0.480 e. The highest BCUT2D eigenvalue weighted by molar-refractivity contribution is 5.76. The van der Waals surface area contributed by atoms with Crippen LogP contribution in [0, 0.1) is 0 Å². The maximum atomic E-state index is 11.9. The molecule has 5 nitrogen and oxygen atoms in total. The fraction of sp³-hybridized carbons (Fsp3) is 0.857. The molecule has 1 amide bonds. The van der Waals surface area contributed by atoms with Gasteiger partial charge in [0, 0.05) is 25.0 Å². The maximum Gasteiger partial charge on any atom is 0.317 e. The van der Waals surface area contributed by atoms with Gasteiger partial charge in [0.1, 0.15) is 0 Å². The lowest BCUT2D eigenvalue weighted by atomic mass is 9.95. The van der Waals surface area contributed by atoms with E-state index in [0.717, 1.165) is 25.7 Å². The van der Waals surface area contributed by atoms with Gasteiger partial charge in [0.15, 0.2) is 0 Å². The molecule has 0 radical (unpaired) electrons. The molecule has 19 heavy (non-hydrogen) atoms. The van der Waals surface area contributed by atoms with E-state index >= 15 is 0 Å². The monoisotopic (exact) mass is 268 g/mol. The summed E-state index contributed by atoms with van der Waals surface area (Å²) in [4.78, 5) is 24.5. The number of rotatable bonds is 7. The lowest BCUT2D eigenvalue weighted by Gasteiger charge is -2.24. The second-order valence-corrected chi connectivity index (χ2v) is 5.75. The molecule has 0 heterocycles. The molecule has 2 fully saturated rings. The first-order chi connectivity index (χ1) is 9.15. The molecule has 0 unspecified atom stereocenters. The largest absolute Gasteiger partial charge is 0.480 e. The molecule has 0 spiro atoms. The Kier molecular flexibility index (Phi) is 5.19. The summed E-state index contributed by atoms with van der Waals surface area (Å²) in [6, 6.07) is 0.730. The number of carbonyl (C=O) groups excluding carboxylic acids is 1. The molecule has 0 aliphatic heterocycles. The zero-order chi connectivity index (χ0) is 13.7. The van der Waals surface area contributed by atoms with E-state index < -0.39 is 5.97 Å². The predicted octanol–water partition coefficient (Wildman–Crippen LogP) is 1.37. The second kappa shape index (κ2) is 6.89. The van der Waals surface area contributed by atoms with E-state index in [2.05, 4.69) is 5.32 Å². The van der Waals surface area contributed by atoms with Crippen LogP contribution in [0.3, 0.4) is 0 Å². The van der Waals surface area contributed by atoms with Crippen LogP contribution in [-0.2, 0) is 9.59 Å². The maximum absolute atomic E-state index is 11.9. The molecule has 5 heteroatoms. The van der Waals surface area contributed by atoms with Crippen LogP contribution in [0.15, 0.2) is 0 Å². The Morgan fingerprint density at radius 2 is 1.79 bits per heavy atom. The number of carboxylic acid groups (broad SMARTS) is 1. The Labute approximate surface area is 114 Å². The summed E-state index contributed by atoms with van der Waals surface area (Å²) < 4.78 is 0. The van der Waals surface area contributed by atoms with Crippen LogP contribution < -0.4 is 5.32 Å². The van der Waals surface area contributed by atoms with Crippen molar-refractivity contribution in [1.29, 1.82) is 0 Å². The molecule has 0 atom stereocenters. The third-order valence-corrected chi connectivity index (χ3v) is 4.00. The van der Waals surface area contributed by atoms with Crippen LogP contribution >= 0.6 is 0 Å². The second-order valence-electron chi connectivity index (χ2n) is 5.75. The number of aliphatic carboxylic acids is 1. The van der Waals surface area contributed by atoms with Gasteiger partial charge in [-0.05, 0) is 25.7 Å². The van der Waals surface area contributed by atoms with Crippen molar-refractivity contribution in [3.8, 4) is 0 Å². The standard InChI is InChI=1S/C14H24N2O3/c17-13(15-11-4-2-1-3-5-11)8-9-16(10-14(18)19)12-6-7-12/h11-12H,1-10H2,(H,15,17)(H,18,19). The van der Waals surface area contributed by atoms with E-state index in [-0.39, 0.29) is 12.5 Å². The van der Waals surface area contributed by atoms with Crippen LogP contribution in [0.5, 0.6) is 0 Å². The average Bonchev–Trinajstić information content (AvgIpc) is 3.19. The highest BCUT2D eigenvalue weighted by Crippen LogP contribution is 2.26. The van der Waals surface area contributed by atoms with Crippen molar-refractivity contribution in [2.75, 3.05) is 13.1 Å². The Hall–Kier alpha value is -1.10. The number of carboxylic acids is 1. The Morgan fingerprint density at radius 3 is 2.37 bits per heavy atom. The summed E-state index contributed by atoms with van der Waals surface area (Å²) in [5, 5.41) is 11.9. The number of amides is 1. The van der Waals surface area contributed by atoms with Crippen molar-refractivity contribution < 1.29 is 14.7 Å². The van der Waals surface area contributed by atoms with E-state index in [9.17, 15) is 9.59 Å². The molecular weight excluding hydrogens is 244 g/mol. The van der Waals surface area contributed by atoms with E-state index in [1.807, 2.05) is 4.90 Å². The van der Waals surface area contributed by atoms with Crippen LogP contribution in [0.25, 0.3) is 0 Å². The molecule has 0 aromatic carbocycles. The quantitative estimate of drug-likeness (QED) is 0.732. The Balaban J connectivity index is 1.67. The fourth-order valence-electron chi connectivity index (χ4n) is 2.80. The Bertz CT molecular complexity index is 323. The van der Waals surface area contributed by atoms with Gasteiger partial charge in [0.25, 0.3) is 0 Å². The van der Waals surface area contributed by atoms with Crippen molar-refractivity contribution in [1.82, 2.24) is 10.2 Å². The zero-order valence-electron chi connectivity index (χ0n) is 11.4. The molecule has 2 rings (SSSR count).